The highest BCUT2D eigenvalue weighted by atomic mass is 16.5. The Bertz CT molecular complexity index is 482. The predicted octanol–water partition coefficient (Wildman–Crippen LogP) is 3.19. The van der Waals surface area contributed by atoms with Crippen LogP contribution in [0.1, 0.15) is 50.4 Å². The summed E-state index contributed by atoms with van der Waals surface area (Å²) in [6.45, 7) is 6.10. The van der Waals surface area contributed by atoms with Gasteiger partial charge >= 0.3 is 5.97 Å². The van der Waals surface area contributed by atoms with E-state index in [2.05, 4.69) is 6.92 Å². The second kappa shape index (κ2) is 9.07. The van der Waals surface area contributed by atoms with Crippen molar-refractivity contribution in [3.63, 3.8) is 0 Å². The topological polar surface area (TPSA) is 66.8 Å². The zero-order chi connectivity index (χ0) is 16.5. The average molecular weight is 307 g/mol. The summed E-state index contributed by atoms with van der Waals surface area (Å²) in [6.07, 6.45) is 3.29. The first-order chi connectivity index (χ1) is 10.5. The lowest BCUT2D eigenvalue weighted by Gasteiger charge is -2.25. The third-order valence-corrected chi connectivity index (χ3v) is 3.31. The van der Waals surface area contributed by atoms with Crippen molar-refractivity contribution in [3.05, 3.63) is 29.8 Å². The fraction of sp³-hybridized carbons (Fsp3) is 0.529. The molecular weight excluding hydrogens is 282 g/mol. The standard InChI is InChI=1S/C17H25NO4/c1-4-5-6-11-22-15-9-7-14(8-10-15)17(21)18(13(2)3)12-16(19)20/h7-10,13H,4-6,11-12H2,1-3H3,(H,19,20). The largest absolute Gasteiger partial charge is 0.494 e. The number of benzene rings is 1. The highest BCUT2D eigenvalue weighted by molar-refractivity contribution is 5.96. The molecule has 0 unspecified atom stereocenters. The van der Waals surface area contributed by atoms with E-state index >= 15 is 0 Å². The lowest BCUT2D eigenvalue weighted by atomic mass is 10.1. The van der Waals surface area contributed by atoms with Gasteiger partial charge < -0.3 is 14.7 Å². The summed E-state index contributed by atoms with van der Waals surface area (Å²) in [7, 11) is 0. The Kier molecular flexibility index (Phi) is 7.43. The van der Waals surface area contributed by atoms with Crippen LogP contribution in [0.25, 0.3) is 0 Å². The molecule has 0 saturated heterocycles. The number of nitrogens with zero attached hydrogens (tertiary/aromatic N) is 1. The van der Waals surface area contributed by atoms with Crippen LogP contribution in [0.3, 0.4) is 0 Å². The predicted molar refractivity (Wildman–Crippen MR) is 85.3 cm³/mol. The van der Waals surface area contributed by atoms with Crippen molar-refractivity contribution in [3.8, 4) is 5.75 Å². The second-order valence-corrected chi connectivity index (χ2v) is 5.50. The molecule has 5 nitrogen and oxygen atoms in total. The monoisotopic (exact) mass is 307 g/mol. The van der Waals surface area contributed by atoms with Crippen LogP contribution in [-0.2, 0) is 4.79 Å². The van der Waals surface area contributed by atoms with Crippen molar-refractivity contribution in [1.82, 2.24) is 4.90 Å². The molecule has 1 aromatic rings. The first-order valence-electron chi connectivity index (χ1n) is 7.71. The van der Waals surface area contributed by atoms with Gasteiger partial charge in [0.15, 0.2) is 0 Å². The Morgan fingerprint density at radius 3 is 2.32 bits per heavy atom. The van der Waals surface area contributed by atoms with Gasteiger partial charge in [-0.3, -0.25) is 9.59 Å². The molecule has 0 bridgehead atoms. The maximum Gasteiger partial charge on any atom is 0.323 e. The van der Waals surface area contributed by atoms with Crippen LogP contribution in [0.2, 0.25) is 0 Å². The Labute approximate surface area is 131 Å². The molecule has 0 radical (unpaired) electrons. The molecule has 122 valence electrons. The smallest absolute Gasteiger partial charge is 0.323 e. The quantitative estimate of drug-likeness (QED) is 0.711. The Morgan fingerprint density at radius 1 is 1.18 bits per heavy atom. The van der Waals surface area contributed by atoms with Gasteiger partial charge in [0.2, 0.25) is 0 Å². The minimum atomic E-state index is -1.02. The number of hydrogen-bond acceptors (Lipinski definition) is 3. The molecule has 1 N–H and O–H groups in total. The first-order valence-corrected chi connectivity index (χ1v) is 7.71. The van der Waals surface area contributed by atoms with E-state index in [0.29, 0.717) is 12.2 Å². The number of rotatable bonds is 9. The molecule has 0 aliphatic carbocycles. The number of carbonyl (C=O) groups is 2. The number of carbonyl (C=O) groups excluding carboxylic acids is 1. The van der Waals surface area contributed by atoms with Gasteiger partial charge in [0, 0.05) is 11.6 Å². The summed E-state index contributed by atoms with van der Waals surface area (Å²) in [5.74, 6) is -0.574. The molecule has 1 rings (SSSR count). The van der Waals surface area contributed by atoms with Crippen molar-refractivity contribution >= 4 is 11.9 Å². The van der Waals surface area contributed by atoms with Gasteiger partial charge in [-0.15, -0.1) is 0 Å². The maximum absolute atomic E-state index is 12.4. The average Bonchev–Trinajstić information content (AvgIpc) is 2.49. The van der Waals surface area contributed by atoms with Crippen molar-refractivity contribution in [2.75, 3.05) is 13.2 Å². The van der Waals surface area contributed by atoms with Crippen LogP contribution in [0, 0.1) is 0 Å². The summed E-state index contributed by atoms with van der Waals surface area (Å²) in [5, 5.41) is 8.90. The number of aliphatic carboxylic acids is 1. The molecule has 0 aliphatic heterocycles. The molecule has 0 spiro atoms. The Balaban J connectivity index is 2.67. The molecule has 1 aromatic carbocycles. The number of carboxylic acids is 1. The van der Waals surface area contributed by atoms with Crippen LogP contribution < -0.4 is 4.74 Å². The molecule has 5 heteroatoms. The summed E-state index contributed by atoms with van der Waals surface area (Å²) < 4.78 is 5.60. The highest BCUT2D eigenvalue weighted by Crippen LogP contribution is 2.15. The molecule has 0 aromatic heterocycles. The van der Waals surface area contributed by atoms with Crippen molar-refractivity contribution in [2.24, 2.45) is 0 Å². The van der Waals surface area contributed by atoms with Gasteiger partial charge in [-0.1, -0.05) is 19.8 Å². The van der Waals surface area contributed by atoms with Crippen LogP contribution in [0.5, 0.6) is 5.75 Å². The number of carboxylic acid groups (broad SMARTS) is 1. The van der Waals surface area contributed by atoms with E-state index < -0.39 is 5.97 Å². The molecule has 0 heterocycles. The molecule has 1 amide bonds. The van der Waals surface area contributed by atoms with Gasteiger partial charge in [-0.05, 0) is 44.5 Å². The van der Waals surface area contributed by atoms with Gasteiger partial charge in [-0.25, -0.2) is 0 Å². The minimum absolute atomic E-state index is 0.173. The van der Waals surface area contributed by atoms with Crippen molar-refractivity contribution in [2.45, 2.75) is 46.1 Å². The number of unbranched alkanes of at least 4 members (excludes halogenated alkanes) is 2. The fourth-order valence-corrected chi connectivity index (χ4v) is 2.04. The van der Waals surface area contributed by atoms with E-state index in [4.69, 9.17) is 9.84 Å². The lowest BCUT2D eigenvalue weighted by Crippen LogP contribution is -2.40. The third-order valence-electron chi connectivity index (χ3n) is 3.31. The fourth-order valence-electron chi connectivity index (χ4n) is 2.04. The second-order valence-electron chi connectivity index (χ2n) is 5.50. The van der Waals surface area contributed by atoms with E-state index in [1.54, 1.807) is 38.1 Å². The van der Waals surface area contributed by atoms with Crippen LogP contribution in [0.4, 0.5) is 0 Å². The Morgan fingerprint density at radius 2 is 1.82 bits per heavy atom. The third kappa shape index (κ3) is 5.76. The lowest BCUT2D eigenvalue weighted by molar-refractivity contribution is -0.138. The summed E-state index contributed by atoms with van der Waals surface area (Å²) in [5.41, 5.74) is 0.468. The molecule has 0 fully saturated rings. The summed E-state index contributed by atoms with van der Waals surface area (Å²) in [6, 6.07) is 6.67. The molecule has 0 saturated carbocycles. The molecule has 22 heavy (non-hydrogen) atoms. The number of hydrogen-bond donors (Lipinski definition) is 1. The van der Waals surface area contributed by atoms with Gasteiger partial charge in [0.25, 0.3) is 5.91 Å². The summed E-state index contributed by atoms with van der Waals surface area (Å²) in [4.78, 5) is 24.5. The van der Waals surface area contributed by atoms with Crippen LogP contribution in [-0.4, -0.2) is 41.1 Å². The van der Waals surface area contributed by atoms with E-state index in [0.717, 1.165) is 25.0 Å². The van der Waals surface area contributed by atoms with Crippen LogP contribution >= 0.6 is 0 Å². The number of ether oxygens (including phenoxy) is 1. The van der Waals surface area contributed by atoms with E-state index in [1.165, 1.54) is 4.90 Å². The van der Waals surface area contributed by atoms with Gasteiger partial charge in [-0.2, -0.15) is 0 Å². The zero-order valence-corrected chi connectivity index (χ0v) is 13.5. The van der Waals surface area contributed by atoms with E-state index in [1.807, 2.05) is 0 Å². The highest BCUT2D eigenvalue weighted by Gasteiger charge is 2.21. The Hall–Kier alpha value is -2.04. The molecule has 0 atom stereocenters. The summed E-state index contributed by atoms with van der Waals surface area (Å²) >= 11 is 0. The molecular formula is C17H25NO4. The molecule has 0 aliphatic rings. The number of amides is 1. The van der Waals surface area contributed by atoms with Gasteiger partial charge in [0.1, 0.15) is 12.3 Å². The SMILES string of the molecule is CCCCCOc1ccc(C(=O)N(CC(=O)O)C(C)C)cc1. The minimum Gasteiger partial charge on any atom is -0.494 e. The zero-order valence-electron chi connectivity index (χ0n) is 13.5. The van der Waals surface area contributed by atoms with E-state index in [-0.39, 0.29) is 18.5 Å². The van der Waals surface area contributed by atoms with Crippen molar-refractivity contribution in [1.29, 1.82) is 0 Å². The maximum atomic E-state index is 12.4. The first kappa shape index (κ1) is 18.0. The van der Waals surface area contributed by atoms with Crippen molar-refractivity contribution < 1.29 is 19.4 Å². The van der Waals surface area contributed by atoms with Gasteiger partial charge in [0.05, 0.1) is 6.61 Å². The normalized spacial score (nSPS) is 10.5. The van der Waals surface area contributed by atoms with Crippen LogP contribution in [0.15, 0.2) is 24.3 Å². The van der Waals surface area contributed by atoms with E-state index in [9.17, 15) is 9.59 Å².